The summed E-state index contributed by atoms with van der Waals surface area (Å²) in [5.74, 6) is 2.97. The molecule has 0 aliphatic carbocycles. The molecular weight excluding hydrogens is 180 g/mol. The van der Waals surface area contributed by atoms with Crippen LogP contribution in [0.5, 0.6) is 0 Å². The fraction of sp³-hybridized carbons (Fsp3) is 0.500. The first kappa shape index (κ1) is 9.03. The van der Waals surface area contributed by atoms with Gasteiger partial charge in [-0.15, -0.1) is 0 Å². The highest BCUT2D eigenvalue weighted by Gasteiger charge is 2.24. The lowest BCUT2D eigenvalue weighted by atomic mass is 9.97. The van der Waals surface area contributed by atoms with E-state index >= 15 is 0 Å². The molecule has 1 aromatic rings. The van der Waals surface area contributed by atoms with Crippen LogP contribution in [0.4, 0.5) is 0 Å². The Morgan fingerprint density at radius 1 is 1.54 bits per heavy atom. The zero-order valence-electron chi connectivity index (χ0n) is 7.52. The SMILES string of the molecule is NC1CSCC1Cc1cccnc1. The van der Waals surface area contributed by atoms with E-state index in [2.05, 4.69) is 11.1 Å². The predicted octanol–water partition coefficient (Wildman–Crippen LogP) is 1.31. The van der Waals surface area contributed by atoms with Gasteiger partial charge in [-0.2, -0.15) is 11.8 Å². The molecule has 2 N–H and O–H groups in total. The van der Waals surface area contributed by atoms with E-state index in [4.69, 9.17) is 5.73 Å². The van der Waals surface area contributed by atoms with Gasteiger partial charge in [0.05, 0.1) is 0 Å². The standard InChI is InChI=1S/C10H14N2S/c11-10-7-13-6-9(10)4-8-2-1-3-12-5-8/h1-3,5,9-10H,4,6-7,11H2. The molecule has 1 saturated heterocycles. The third kappa shape index (κ3) is 2.23. The van der Waals surface area contributed by atoms with Crippen LogP contribution in [0.15, 0.2) is 24.5 Å². The van der Waals surface area contributed by atoms with Gasteiger partial charge in [0.25, 0.3) is 0 Å². The Balaban J connectivity index is 1.98. The first-order valence-electron chi connectivity index (χ1n) is 4.58. The van der Waals surface area contributed by atoms with Gasteiger partial charge in [0.1, 0.15) is 0 Å². The number of nitrogens with two attached hydrogens (primary N) is 1. The Kier molecular flexibility index (Phi) is 2.86. The van der Waals surface area contributed by atoms with Gasteiger partial charge in [0, 0.05) is 24.2 Å². The maximum absolute atomic E-state index is 5.99. The number of thioether (sulfide) groups is 1. The molecule has 2 rings (SSSR count). The van der Waals surface area contributed by atoms with Crippen LogP contribution >= 0.6 is 11.8 Å². The number of aromatic nitrogens is 1. The van der Waals surface area contributed by atoms with Crippen LogP contribution in [-0.2, 0) is 6.42 Å². The molecule has 1 aliphatic rings. The molecule has 0 amide bonds. The summed E-state index contributed by atoms with van der Waals surface area (Å²) in [7, 11) is 0. The molecular formula is C10H14N2S. The van der Waals surface area contributed by atoms with Crippen molar-refractivity contribution >= 4 is 11.8 Å². The fourth-order valence-corrected chi connectivity index (χ4v) is 3.00. The molecule has 0 saturated carbocycles. The smallest absolute Gasteiger partial charge is 0.0299 e. The zero-order valence-corrected chi connectivity index (χ0v) is 8.33. The molecule has 2 unspecified atom stereocenters. The molecule has 70 valence electrons. The molecule has 2 nitrogen and oxygen atoms in total. The van der Waals surface area contributed by atoms with Gasteiger partial charge in [0.15, 0.2) is 0 Å². The van der Waals surface area contributed by atoms with Gasteiger partial charge in [-0.25, -0.2) is 0 Å². The Labute approximate surface area is 82.9 Å². The Morgan fingerprint density at radius 2 is 2.46 bits per heavy atom. The van der Waals surface area contributed by atoms with E-state index in [0.29, 0.717) is 12.0 Å². The molecule has 1 aromatic heterocycles. The zero-order chi connectivity index (χ0) is 9.10. The van der Waals surface area contributed by atoms with E-state index < -0.39 is 0 Å². The molecule has 0 radical (unpaired) electrons. The Bertz CT molecular complexity index is 263. The lowest BCUT2D eigenvalue weighted by molar-refractivity contribution is 0.514. The van der Waals surface area contributed by atoms with E-state index in [9.17, 15) is 0 Å². The summed E-state index contributed by atoms with van der Waals surface area (Å²) >= 11 is 1.96. The molecule has 0 spiro atoms. The highest BCUT2D eigenvalue weighted by Crippen LogP contribution is 2.25. The molecule has 13 heavy (non-hydrogen) atoms. The summed E-state index contributed by atoms with van der Waals surface area (Å²) in [6, 6.07) is 4.50. The monoisotopic (exact) mass is 194 g/mol. The van der Waals surface area contributed by atoms with Crippen molar-refractivity contribution in [2.24, 2.45) is 11.7 Å². The van der Waals surface area contributed by atoms with Gasteiger partial charge >= 0.3 is 0 Å². The van der Waals surface area contributed by atoms with E-state index in [-0.39, 0.29) is 0 Å². The number of pyridine rings is 1. The summed E-state index contributed by atoms with van der Waals surface area (Å²) in [6.07, 6.45) is 4.84. The number of hydrogen-bond donors (Lipinski definition) is 1. The highest BCUT2D eigenvalue weighted by molar-refractivity contribution is 7.99. The van der Waals surface area contributed by atoms with Crippen LogP contribution in [0, 0.1) is 5.92 Å². The van der Waals surface area contributed by atoms with E-state index in [0.717, 1.165) is 12.2 Å². The summed E-state index contributed by atoms with van der Waals surface area (Å²) in [6.45, 7) is 0. The minimum Gasteiger partial charge on any atom is -0.327 e. The number of hydrogen-bond acceptors (Lipinski definition) is 3. The van der Waals surface area contributed by atoms with Gasteiger partial charge < -0.3 is 5.73 Å². The topological polar surface area (TPSA) is 38.9 Å². The minimum atomic E-state index is 0.380. The van der Waals surface area contributed by atoms with Crippen molar-refractivity contribution in [2.45, 2.75) is 12.5 Å². The van der Waals surface area contributed by atoms with Crippen LogP contribution in [0.1, 0.15) is 5.56 Å². The van der Waals surface area contributed by atoms with Crippen molar-refractivity contribution in [3.63, 3.8) is 0 Å². The lowest BCUT2D eigenvalue weighted by Gasteiger charge is -2.13. The maximum Gasteiger partial charge on any atom is 0.0299 e. The average Bonchev–Trinajstić information content (AvgIpc) is 2.54. The predicted molar refractivity (Wildman–Crippen MR) is 56.7 cm³/mol. The van der Waals surface area contributed by atoms with Crippen molar-refractivity contribution < 1.29 is 0 Å². The number of nitrogens with zero attached hydrogens (tertiary/aromatic N) is 1. The van der Waals surface area contributed by atoms with Crippen molar-refractivity contribution in [2.75, 3.05) is 11.5 Å². The van der Waals surface area contributed by atoms with Crippen LogP contribution in [-0.4, -0.2) is 22.5 Å². The second-order valence-electron chi connectivity index (χ2n) is 3.53. The second kappa shape index (κ2) is 4.11. The fourth-order valence-electron chi connectivity index (χ4n) is 1.65. The normalized spacial score (nSPS) is 27.8. The Hall–Kier alpha value is -0.540. The van der Waals surface area contributed by atoms with E-state index in [1.165, 1.54) is 11.3 Å². The van der Waals surface area contributed by atoms with E-state index in [1.807, 2.05) is 30.2 Å². The second-order valence-corrected chi connectivity index (χ2v) is 4.60. The molecule has 1 aliphatic heterocycles. The largest absolute Gasteiger partial charge is 0.327 e. The molecule has 2 atom stereocenters. The van der Waals surface area contributed by atoms with Gasteiger partial charge in [-0.3, -0.25) is 4.98 Å². The summed E-state index contributed by atoms with van der Waals surface area (Å²) in [4.78, 5) is 4.10. The van der Waals surface area contributed by atoms with Crippen molar-refractivity contribution in [1.29, 1.82) is 0 Å². The van der Waals surface area contributed by atoms with Gasteiger partial charge in [-0.05, 0) is 29.7 Å². The lowest BCUT2D eigenvalue weighted by Crippen LogP contribution is -2.29. The highest BCUT2D eigenvalue weighted by atomic mass is 32.2. The van der Waals surface area contributed by atoms with Crippen LogP contribution in [0.25, 0.3) is 0 Å². The minimum absolute atomic E-state index is 0.380. The van der Waals surface area contributed by atoms with Crippen molar-refractivity contribution in [3.8, 4) is 0 Å². The van der Waals surface area contributed by atoms with E-state index in [1.54, 1.807) is 0 Å². The average molecular weight is 194 g/mol. The molecule has 1 fully saturated rings. The summed E-state index contributed by atoms with van der Waals surface area (Å²) in [5, 5.41) is 0. The Morgan fingerprint density at radius 3 is 3.08 bits per heavy atom. The quantitative estimate of drug-likeness (QED) is 0.771. The van der Waals surface area contributed by atoms with Gasteiger partial charge in [-0.1, -0.05) is 6.07 Å². The van der Waals surface area contributed by atoms with Crippen LogP contribution < -0.4 is 5.73 Å². The first-order chi connectivity index (χ1) is 6.36. The maximum atomic E-state index is 5.99. The first-order valence-corrected chi connectivity index (χ1v) is 5.74. The number of rotatable bonds is 2. The molecule has 3 heteroatoms. The molecule has 2 heterocycles. The van der Waals surface area contributed by atoms with Crippen LogP contribution in [0.3, 0.4) is 0 Å². The third-order valence-electron chi connectivity index (χ3n) is 2.47. The molecule has 0 bridgehead atoms. The summed E-state index contributed by atoms with van der Waals surface area (Å²) in [5.41, 5.74) is 7.30. The van der Waals surface area contributed by atoms with Crippen molar-refractivity contribution in [3.05, 3.63) is 30.1 Å². The van der Waals surface area contributed by atoms with Crippen LogP contribution in [0.2, 0.25) is 0 Å². The third-order valence-corrected chi connectivity index (χ3v) is 3.75. The van der Waals surface area contributed by atoms with Gasteiger partial charge in [0.2, 0.25) is 0 Å². The van der Waals surface area contributed by atoms with Crippen molar-refractivity contribution in [1.82, 2.24) is 4.98 Å². The summed E-state index contributed by atoms with van der Waals surface area (Å²) < 4.78 is 0. The molecule has 0 aromatic carbocycles.